The van der Waals surface area contributed by atoms with E-state index in [4.69, 9.17) is 10.2 Å². The number of aliphatic carboxylic acids is 2. The molecule has 3 rings (SSSR count). The van der Waals surface area contributed by atoms with Crippen molar-refractivity contribution in [2.45, 2.75) is 38.8 Å². The quantitative estimate of drug-likeness (QED) is 0.626. The summed E-state index contributed by atoms with van der Waals surface area (Å²) in [6, 6.07) is 16.4. The van der Waals surface area contributed by atoms with Crippen molar-refractivity contribution in [2.24, 2.45) is 0 Å². The number of anilines is 1. The van der Waals surface area contributed by atoms with E-state index in [2.05, 4.69) is 48.0 Å². The molecule has 1 heterocycles. The molecular weight excluding hydrogens is 411 g/mol. The predicted molar refractivity (Wildman–Crippen MR) is 123 cm³/mol. The maximum absolute atomic E-state index is 13.0. The van der Waals surface area contributed by atoms with Gasteiger partial charge in [0.15, 0.2) is 0 Å². The largest absolute Gasteiger partial charge is 0.478 e. The topological polar surface area (TPSA) is 81.1 Å². The second kappa shape index (κ2) is 12.6. The lowest BCUT2D eigenvalue weighted by molar-refractivity contribution is -0.134. The maximum atomic E-state index is 13.0. The van der Waals surface area contributed by atoms with Gasteiger partial charge in [-0.25, -0.2) is 14.0 Å². The molecule has 0 aromatic heterocycles. The van der Waals surface area contributed by atoms with Crippen LogP contribution in [0, 0.1) is 5.82 Å². The summed E-state index contributed by atoms with van der Waals surface area (Å²) in [5.74, 6) is -2.68. The van der Waals surface area contributed by atoms with Gasteiger partial charge in [0.1, 0.15) is 5.82 Å². The number of carboxylic acid groups (broad SMARTS) is 2. The van der Waals surface area contributed by atoms with Gasteiger partial charge in [-0.2, -0.15) is 0 Å². The lowest BCUT2D eigenvalue weighted by atomic mass is 10.0. The fraction of sp³-hybridized carbons (Fsp3) is 0.360. The standard InChI is InChI=1S/C21H27FN2.C4H4O4/c1-3-17-6-10-21(11-7-17)24-14-12-20(13-15-24)23(2)16-18-4-8-19(22)9-5-18;5-3(6)1-2-4(7)8/h4-11,20H,3,12-16H2,1-2H3;1-2H,(H,5,6)(H,7,8). The summed E-state index contributed by atoms with van der Waals surface area (Å²) in [6.45, 7) is 5.28. The van der Waals surface area contributed by atoms with Crippen LogP contribution >= 0.6 is 0 Å². The Bertz CT molecular complexity index is 873. The van der Waals surface area contributed by atoms with Gasteiger partial charge < -0.3 is 15.1 Å². The van der Waals surface area contributed by atoms with Crippen molar-refractivity contribution < 1.29 is 24.2 Å². The molecule has 0 amide bonds. The zero-order chi connectivity index (χ0) is 23.5. The predicted octanol–water partition coefficient (Wildman–Crippen LogP) is 4.20. The van der Waals surface area contributed by atoms with Crippen molar-refractivity contribution in [2.75, 3.05) is 25.0 Å². The first-order valence-electron chi connectivity index (χ1n) is 10.7. The Morgan fingerprint density at radius 3 is 1.94 bits per heavy atom. The summed E-state index contributed by atoms with van der Waals surface area (Å²) in [5, 5.41) is 15.6. The first-order valence-corrected chi connectivity index (χ1v) is 10.7. The van der Waals surface area contributed by atoms with E-state index in [1.54, 1.807) is 12.1 Å². The van der Waals surface area contributed by atoms with E-state index < -0.39 is 11.9 Å². The van der Waals surface area contributed by atoms with Crippen LogP contribution < -0.4 is 4.90 Å². The molecule has 2 N–H and O–H groups in total. The minimum Gasteiger partial charge on any atom is -0.478 e. The zero-order valence-electron chi connectivity index (χ0n) is 18.6. The molecule has 7 heteroatoms. The number of rotatable bonds is 7. The van der Waals surface area contributed by atoms with Crippen molar-refractivity contribution >= 4 is 17.6 Å². The highest BCUT2D eigenvalue weighted by Crippen LogP contribution is 2.23. The molecule has 0 saturated carbocycles. The Hall–Kier alpha value is -3.19. The Morgan fingerprint density at radius 1 is 0.969 bits per heavy atom. The number of hydrogen-bond acceptors (Lipinski definition) is 4. The molecule has 172 valence electrons. The molecule has 2 aromatic rings. The summed E-state index contributed by atoms with van der Waals surface area (Å²) < 4.78 is 13.0. The first kappa shape index (κ1) is 25.1. The first-order chi connectivity index (χ1) is 15.3. The third-order valence-corrected chi connectivity index (χ3v) is 5.51. The summed E-state index contributed by atoms with van der Waals surface area (Å²) in [5.41, 5.74) is 3.91. The number of nitrogens with zero attached hydrogens (tertiary/aromatic N) is 2. The number of hydrogen-bond donors (Lipinski definition) is 2. The van der Waals surface area contributed by atoms with Gasteiger partial charge in [-0.05, 0) is 61.7 Å². The summed E-state index contributed by atoms with van der Waals surface area (Å²) >= 11 is 0. The average molecular weight is 443 g/mol. The molecule has 0 bridgehead atoms. The van der Waals surface area contributed by atoms with Gasteiger partial charge in [0, 0.05) is 43.5 Å². The van der Waals surface area contributed by atoms with Gasteiger partial charge >= 0.3 is 11.9 Å². The third-order valence-electron chi connectivity index (χ3n) is 5.51. The SMILES string of the molecule is CCc1ccc(N2CCC(N(C)Cc3ccc(F)cc3)CC2)cc1.O=C(O)C=CC(=O)O. The van der Waals surface area contributed by atoms with Crippen LogP contribution in [0.3, 0.4) is 0 Å². The van der Waals surface area contributed by atoms with Gasteiger partial charge in [-0.3, -0.25) is 4.90 Å². The number of piperidine rings is 1. The Balaban J connectivity index is 0.000000390. The highest BCUT2D eigenvalue weighted by molar-refractivity contribution is 5.89. The van der Waals surface area contributed by atoms with Crippen LogP contribution in [0.4, 0.5) is 10.1 Å². The normalized spacial score (nSPS) is 14.3. The van der Waals surface area contributed by atoms with Crippen LogP contribution in [0.2, 0.25) is 0 Å². The molecule has 0 aliphatic carbocycles. The van der Waals surface area contributed by atoms with Crippen molar-refractivity contribution in [1.29, 1.82) is 0 Å². The van der Waals surface area contributed by atoms with Gasteiger partial charge in [0.25, 0.3) is 0 Å². The Kier molecular flexibility index (Phi) is 9.88. The van der Waals surface area contributed by atoms with Crippen molar-refractivity contribution in [1.82, 2.24) is 4.90 Å². The molecule has 1 saturated heterocycles. The lowest BCUT2D eigenvalue weighted by Gasteiger charge is -2.38. The summed E-state index contributed by atoms with van der Waals surface area (Å²) in [4.78, 5) is 24.0. The molecule has 0 radical (unpaired) electrons. The van der Waals surface area contributed by atoms with Crippen LogP contribution in [0.1, 0.15) is 30.9 Å². The number of benzene rings is 2. The molecule has 1 fully saturated rings. The van der Waals surface area contributed by atoms with E-state index in [-0.39, 0.29) is 5.82 Å². The number of aryl methyl sites for hydroxylation is 1. The number of halogens is 1. The second-order valence-electron chi connectivity index (χ2n) is 7.79. The van der Waals surface area contributed by atoms with E-state index in [9.17, 15) is 14.0 Å². The third kappa shape index (κ3) is 8.51. The molecule has 1 aliphatic rings. The van der Waals surface area contributed by atoms with Gasteiger partial charge in [0.2, 0.25) is 0 Å². The van der Waals surface area contributed by atoms with Crippen molar-refractivity contribution in [3.63, 3.8) is 0 Å². The van der Waals surface area contributed by atoms with Crippen LogP contribution in [-0.2, 0) is 22.6 Å². The van der Waals surface area contributed by atoms with E-state index >= 15 is 0 Å². The number of carboxylic acids is 2. The molecule has 2 aromatic carbocycles. The summed E-state index contributed by atoms with van der Waals surface area (Å²) in [7, 11) is 2.18. The monoisotopic (exact) mass is 442 g/mol. The Labute approximate surface area is 188 Å². The number of carbonyl (C=O) groups is 2. The van der Waals surface area contributed by atoms with Crippen LogP contribution in [0.5, 0.6) is 0 Å². The molecule has 6 nitrogen and oxygen atoms in total. The van der Waals surface area contributed by atoms with Gasteiger partial charge in [0.05, 0.1) is 0 Å². The summed E-state index contributed by atoms with van der Waals surface area (Å²) in [6.07, 6.45) is 4.56. The zero-order valence-corrected chi connectivity index (χ0v) is 18.6. The van der Waals surface area contributed by atoms with Gasteiger partial charge in [-0.1, -0.05) is 31.2 Å². The van der Waals surface area contributed by atoms with E-state index in [1.807, 2.05) is 12.1 Å². The highest BCUT2D eigenvalue weighted by Gasteiger charge is 2.22. The molecule has 0 spiro atoms. The molecule has 1 aliphatic heterocycles. The Morgan fingerprint density at radius 2 is 1.47 bits per heavy atom. The van der Waals surface area contributed by atoms with Crippen molar-refractivity contribution in [3.05, 3.63) is 77.6 Å². The minimum atomic E-state index is -1.26. The smallest absolute Gasteiger partial charge is 0.328 e. The highest BCUT2D eigenvalue weighted by atomic mass is 19.1. The molecule has 32 heavy (non-hydrogen) atoms. The van der Waals surface area contributed by atoms with E-state index in [0.717, 1.165) is 26.1 Å². The minimum absolute atomic E-state index is 0.163. The lowest BCUT2D eigenvalue weighted by Crippen LogP contribution is -2.43. The average Bonchev–Trinajstić information content (AvgIpc) is 2.80. The van der Waals surface area contributed by atoms with Crippen molar-refractivity contribution in [3.8, 4) is 0 Å². The van der Waals surface area contributed by atoms with Gasteiger partial charge in [-0.15, -0.1) is 0 Å². The van der Waals surface area contributed by atoms with E-state index in [1.165, 1.54) is 29.7 Å². The molecule has 0 unspecified atom stereocenters. The van der Waals surface area contributed by atoms with Crippen LogP contribution in [0.25, 0.3) is 0 Å². The maximum Gasteiger partial charge on any atom is 0.328 e. The molecule has 0 atom stereocenters. The molecular formula is C25H31FN2O4. The fourth-order valence-electron chi connectivity index (χ4n) is 3.66. The second-order valence-corrected chi connectivity index (χ2v) is 7.79. The van der Waals surface area contributed by atoms with Crippen LogP contribution in [-0.4, -0.2) is 53.2 Å². The van der Waals surface area contributed by atoms with E-state index in [0.29, 0.717) is 18.2 Å². The fourth-order valence-corrected chi connectivity index (χ4v) is 3.66. The van der Waals surface area contributed by atoms with Crippen LogP contribution in [0.15, 0.2) is 60.7 Å².